The topological polar surface area (TPSA) is 47.9 Å². The minimum atomic E-state index is -0.444. The molecular formula is C22H21NO3. The zero-order valence-electron chi connectivity index (χ0n) is 14.7. The SMILES string of the molecule is CCCCOc1ccc(C2=NOC(=O)/C2=C\C=C\c2ccccc2)cc1. The molecule has 1 aliphatic rings. The third-order valence-electron chi connectivity index (χ3n) is 3.94. The van der Waals surface area contributed by atoms with Crippen LogP contribution in [-0.2, 0) is 9.63 Å². The van der Waals surface area contributed by atoms with E-state index < -0.39 is 5.97 Å². The summed E-state index contributed by atoms with van der Waals surface area (Å²) in [4.78, 5) is 16.8. The minimum absolute atomic E-state index is 0.442. The molecule has 4 heteroatoms. The van der Waals surface area contributed by atoms with Gasteiger partial charge in [0, 0.05) is 5.56 Å². The Labute approximate surface area is 153 Å². The van der Waals surface area contributed by atoms with Crippen molar-refractivity contribution in [3.8, 4) is 5.75 Å². The summed E-state index contributed by atoms with van der Waals surface area (Å²) in [6.07, 6.45) is 7.61. The Morgan fingerprint density at radius 2 is 1.85 bits per heavy atom. The van der Waals surface area contributed by atoms with Crippen molar-refractivity contribution in [2.24, 2.45) is 5.16 Å². The van der Waals surface area contributed by atoms with Gasteiger partial charge in [-0.3, -0.25) is 0 Å². The maximum absolute atomic E-state index is 12.0. The van der Waals surface area contributed by atoms with Crippen molar-refractivity contribution in [2.45, 2.75) is 19.8 Å². The Balaban J connectivity index is 1.73. The lowest BCUT2D eigenvalue weighted by atomic mass is 10.0. The molecule has 132 valence electrons. The second-order valence-corrected chi connectivity index (χ2v) is 5.90. The van der Waals surface area contributed by atoms with Crippen LogP contribution in [0.5, 0.6) is 5.75 Å². The third kappa shape index (κ3) is 4.48. The van der Waals surface area contributed by atoms with E-state index in [9.17, 15) is 4.79 Å². The van der Waals surface area contributed by atoms with Crippen LogP contribution in [0.3, 0.4) is 0 Å². The van der Waals surface area contributed by atoms with E-state index in [0.29, 0.717) is 17.9 Å². The van der Waals surface area contributed by atoms with Gasteiger partial charge in [0.15, 0.2) is 0 Å². The molecular weight excluding hydrogens is 326 g/mol. The molecule has 0 spiro atoms. The van der Waals surface area contributed by atoms with Gasteiger partial charge in [0.1, 0.15) is 11.5 Å². The molecule has 1 aliphatic heterocycles. The van der Waals surface area contributed by atoms with Crippen molar-refractivity contribution < 1.29 is 14.4 Å². The molecule has 0 fully saturated rings. The Kier molecular flexibility index (Phi) is 5.99. The van der Waals surface area contributed by atoms with Crippen LogP contribution in [0.2, 0.25) is 0 Å². The monoisotopic (exact) mass is 347 g/mol. The second-order valence-electron chi connectivity index (χ2n) is 5.90. The van der Waals surface area contributed by atoms with Crippen LogP contribution in [0, 0.1) is 0 Å². The van der Waals surface area contributed by atoms with Gasteiger partial charge in [-0.2, -0.15) is 0 Å². The Bertz CT molecular complexity index is 833. The Morgan fingerprint density at radius 1 is 1.08 bits per heavy atom. The normalized spacial score (nSPS) is 15.3. The first kappa shape index (κ1) is 17.7. The lowest BCUT2D eigenvalue weighted by Gasteiger charge is -2.06. The van der Waals surface area contributed by atoms with Crippen molar-refractivity contribution in [2.75, 3.05) is 6.61 Å². The van der Waals surface area contributed by atoms with E-state index in [0.717, 1.165) is 29.7 Å². The maximum atomic E-state index is 12.0. The highest BCUT2D eigenvalue weighted by atomic mass is 16.7. The van der Waals surface area contributed by atoms with Crippen LogP contribution in [-0.4, -0.2) is 18.3 Å². The standard InChI is InChI=1S/C22H21NO3/c1-2-3-16-25-19-14-12-18(13-15-19)21-20(22(24)26-23-21)11-7-10-17-8-5-4-6-9-17/h4-15H,2-3,16H2,1H3/b10-7+,20-11-. The summed E-state index contributed by atoms with van der Waals surface area (Å²) in [6, 6.07) is 17.4. The molecule has 0 unspecified atom stereocenters. The highest BCUT2D eigenvalue weighted by molar-refractivity contribution is 6.29. The summed E-state index contributed by atoms with van der Waals surface area (Å²) in [5.74, 6) is 0.364. The van der Waals surface area contributed by atoms with E-state index in [-0.39, 0.29) is 0 Å². The average molecular weight is 347 g/mol. The first-order valence-corrected chi connectivity index (χ1v) is 8.74. The van der Waals surface area contributed by atoms with Gasteiger partial charge in [-0.1, -0.05) is 61.0 Å². The average Bonchev–Trinajstić information content (AvgIpc) is 3.04. The van der Waals surface area contributed by atoms with Crippen molar-refractivity contribution in [3.05, 3.63) is 83.4 Å². The van der Waals surface area contributed by atoms with Crippen LogP contribution in [0.25, 0.3) is 6.08 Å². The van der Waals surface area contributed by atoms with Gasteiger partial charge < -0.3 is 9.57 Å². The lowest BCUT2D eigenvalue weighted by Crippen LogP contribution is -2.06. The number of ether oxygens (including phenoxy) is 1. The van der Waals surface area contributed by atoms with E-state index >= 15 is 0 Å². The van der Waals surface area contributed by atoms with Gasteiger partial charge in [-0.05, 0) is 42.3 Å². The summed E-state index contributed by atoms with van der Waals surface area (Å²) < 4.78 is 5.66. The molecule has 0 aliphatic carbocycles. The fraction of sp³-hybridized carbons (Fsp3) is 0.182. The maximum Gasteiger partial charge on any atom is 0.368 e. The summed E-state index contributed by atoms with van der Waals surface area (Å²) in [6.45, 7) is 2.83. The number of nitrogens with zero attached hydrogens (tertiary/aromatic N) is 1. The molecule has 0 saturated heterocycles. The second kappa shape index (κ2) is 8.81. The predicted molar refractivity (Wildman–Crippen MR) is 103 cm³/mol. The molecule has 2 aromatic rings. The Hall–Kier alpha value is -3.14. The zero-order chi connectivity index (χ0) is 18.2. The molecule has 0 radical (unpaired) electrons. The van der Waals surface area contributed by atoms with E-state index in [1.807, 2.05) is 66.7 Å². The first-order valence-electron chi connectivity index (χ1n) is 8.74. The number of benzene rings is 2. The number of carbonyl (C=O) groups excluding carboxylic acids is 1. The van der Waals surface area contributed by atoms with Crippen LogP contribution >= 0.6 is 0 Å². The predicted octanol–water partition coefficient (Wildman–Crippen LogP) is 4.77. The first-order chi connectivity index (χ1) is 12.8. The number of unbranched alkanes of at least 4 members (excludes halogenated alkanes) is 1. The molecule has 3 rings (SSSR count). The summed E-state index contributed by atoms with van der Waals surface area (Å²) >= 11 is 0. The molecule has 0 amide bonds. The van der Waals surface area contributed by atoms with Gasteiger partial charge >= 0.3 is 5.97 Å². The molecule has 2 aromatic carbocycles. The van der Waals surface area contributed by atoms with Gasteiger partial charge in [-0.15, -0.1) is 0 Å². The minimum Gasteiger partial charge on any atom is -0.494 e. The highest BCUT2D eigenvalue weighted by Gasteiger charge is 2.26. The number of rotatable bonds is 7. The molecule has 26 heavy (non-hydrogen) atoms. The van der Waals surface area contributed by atoms with Crippen LogP contribution in [0.15, 0.2) is 77.5 Å². The number of carbonyl (C=O) groups is 1. The molecule has 0 saturated carbocycles. The smallest absolute Gasteiger partial charge is 0.368 e. The van der Waals surface area contributed by atoms with E-state index in [1.54, 1.807) is 6.08 Å². The fourth-order valence-corrected chi connectivity index (χ4v) is 2.50. The largest absolute Gasteiger partial charge is 0.494 e. The van der Waals surface area contributed by atoms with Crippen molar-refractivity contribution in [1.82, 2.24) is 0 Å². The summed E-state index contributed by atoms with van der Waals surface area (Å²) in [5, 5.41) is 3.92. The fourth-order valence-electron chi connectivity index (χ4n) is 2.50. The van der Waals surface area contributed by atoms with Crippen molar-refractivity contribution in [3.63, 3.8) is 0 Å². The number of oxime groups is 1. The summed E-state index contributed by atoms with van der Waals surface area (Å²) in [5.41, 5.74) is 2.85. The zero-order valence-corrected chi connectivity index (χ0v) is 14.7. The lowest BCUT2D eigenvalue weighted by molar-refractivity contribution is -0.136. The molecule has 0 bridgehead atoms. The highest BCUT2D eigenvalue weighted by Crippen LogP contribution is 2.21. The van der Waals surface area contributed by atoms with E-state index in [4.69, 9.17) is 9.57 Å². The quantitative estimate of drug-likeness (QED) is 0.412. The van der Waals surface area contributed by atoms with Crippen molar-refractivity contribution in [1.29, 1.82) is 0 Å². The number of allylic oxidation sites excluding steroid dienone is 2. The summed E-state index contributed by atoms with van der Waals surface area (Å²) in [7, 11) is 0. The molecule has 4 nitrogen and oxygen atoms in total. The van der Waals surface area contributed by atoms with Crippen molar-refractivity contribution >= 4 is 17.8 Å². The molecule has 0 atom stereocenters. The number of hydrogen-bond acceptors (Lipinski definition) is 4. The van der Waals surface area contributed by atoms with Gasteiger partial charge in [0.25, 0.3) is 0 Å². The Morgan fingerprint density at radius 3 is 2.58 bits per heavy atom. The van der Waals surface area contributed by atoms with Crippen LogP contribution < -0.4 is 4.74 Å². The van der Waals surface area contributed by atoms with Crippen LogP contribution in [0.4, 0.5) is 0 Å². The van der Waals surface area contributed by atoms with Gasteiger partial charge in [0.2, 0.25) is 0 Å². The third-order valence-corrected chi connectivity index (χ3v) is 3.94. The van der Waals surface area contributed by atoms with E-state index in [1.165, 1.54) is 0 Å². The van der Waals surface area contributed by atoms with Gasteiger partial charge in [-0.25, -0.2) is 4.79 Å². The van der Waals surface area contributed by atoms with Gasteiger partial charge in [0.05, 0.1) is 12.2 Å². The van der Waals surface area contributed by atoms with Crippen LogP contribution in [0.1, 0.15) is 30.9 Å². The van der Waals surface area contributed by atoms with E-state index in [2.05, 4.69) is 12.1 Å². The number of hydrogen-bond donors (Lipinski definition) is 0. The molecule has 1 heterocycles. The molecule has 0 aromatic heterocycles. The molecule has 0 N–H and O–H groups in total.